The fourth-order valence-electron chi connectivity index (χ4n) is 2.71. The molecule has 4 nitrogen and oxygen atoms in total. The lowest BCUT2D eigenvalue weighted by Crippen LogP contribution is -2.42. The van der Waals surface area contributed by atoms with Gasteiger partial charge in [0, 0.05) is 17.8 Å². The first-order chi connectivity index (χ1) is 10.7. The predicted molar refractivity (Wildman–Crippen MR) is 109 cm³/mol. The number of hydrogen-bond donors (Lipinski definition) is 2. The van der Waals surface area contributed by atoms with Crippen molar-refractivity contribution in [2.24, 2.45) is 4.99 Å². The molecule has 0 radical (unpaired) electrons. The molecule has 1 saturated carbocycles. The molecular weight excluding hydrogens is 419 g/mol. The summed E-state index contributed by atoms with van der Waals surface area (Å²) in [6.45, 7) is 3.51. The number of nitrogens with one attached hydrogen (secondary N) is 2. The third kappa shape index (κ3) is 6.60. The van der Waals surface area contributed by atoms with Crippen LogP contribution in [0.2, 0.25) is 0 Å². The Bertz CT molecular complexity index is 556. The van der Waals surface area contributed by atoms with Gasteiger partial charge in [0.15, 0.2) is 5.96 Å². The molecule has 0 amide bonds. The van der Waals surface area contributed by atoms with Crippen LogP contribution >= 0.6 is 35.7 Å². The molecule has 0 aromatic heterocycles. The first-order valence-corrected chi connectivity index (χ1v) is 9.10. The Morgan fingerprint density at radius 3 is 2.91 bits per heavy atom. The van der Waals surface area contributed by atoms with Crippen molar-refractivity contribution in [1.82, 2.24) is 10.6 Å². The number of guanidine groups is 1. The van der Waals surface area contributed by atoms with Crippen molar-refractivity contribution >= 4 is 41.7 Å². The number of nitrogens with zero attached hydrogens (tertiary/aromatic N) is 2. The number of benzene rings is 1. The molecule has 0 bridgehead atoms. The largest absolute Gasteiger partial charge is 0.357 e. The summed E-state index contributed by atoms with van der Waals surface area (Å²) in [5.41, 5.74) is 1.74. The summed E-state index contributed by atoms with van der Waals surface area (Å²) in [6.07, 6.45) is 5.88. The second-order valence-corrected chi connectivity index (χ2v) is 6.66. The Morgan fingerprint density at radius 1 is 1.43 bits per heavy atom. The molecule has 0 aliphatic heterocycles. The van der Waals surface area contributed by atoms with Crippen molar-refractivity contribution in [3.63, 3.8) is 0 Å². The minimum absolute atomic E-state index is 0. The third-order valence-electron chi connectivity index (χ3n) is 3.88. The highest BCUT2D eigenvalue weighted by Crippen LogP contribution is 2.28. The van der Waals surface area contributed by atoms with Gasteiger partial charge in [0.2, 0.25) is 0 Å². The maximum atomic E-state index is 8.95. The molecule has 2 rings (SSSR count). The number of halogens is 1. The van der Waals surface area contributed by atoms with E-state index in [0.717, 1.165) is 23.3 Å². The molecule has 1 aliphatic carbocycles. The summed E-state index contributed by atoms with van der Waals surface area (Å²) in [4.78, 5) is 4.65. The Balaban J connectivity index is 0.00000264. The second-order valence-electron chi connectivity index (χ2n) is 5.52. The molecule has 2 atom stereocenters. The van der Waals surface area contributed by atoms with Gasteiger partial charge in [-0.25, -0.2) is 4.99 Å². The van der Waals surface area contributed by atoms with E-state index < -0.39 is 0 Å². The fraction of sp³-hybridized carbons (Fsp3) is 0.529. The normalized spacial score (nSPS) is 20.5. The highest BCUT2D eigenvalue weighted by Gasteiger charge is 2.24. The van der Waals surface area contributed by atoms with Crippen LogP contribution in [0.1, 0.15) is 37.3 Å². The van der Waals surface area contributed by atoms with Crippen LogP contribution in [0, 0.1) is 11.3 Å². The topological polar surface area (TPSA) is 60.2 Å². The second kappa shape index (κ2) is 10.8. The van der Waals surface area contributed by atoms with Gasteiger partial charge in [-0.2, -0.15) is 17.0 Å². The van der Waals surface area contributed by atoms with Crippen LogP contribution in [0.5, 0.6) is 0 Å². The maximum absolute atomic E-state index is 8.95. The van der Waals surface area contributed by atoms with E-state index in [9.17, 15) is 0 Å². The van der Waals surface area contributed by atoms with Crippen LogP contribution in [-0.4, -0.2) is 30.1 Å². The average Bonchev–Trinajstić information content (AvgIpc) is 3.00. The minimum atomic E-state index is 0. The van der Waals surface area contributed by atoms with Crippen LogP contribution in [0.25, 0.3) is 0 Å². The molecule has 126 valence electrons. The first-order valence-electron chi connectivity index (χ1n) is 7.81. The molecule has 0 saturated heterocycles. The van der Waals surface area contributed by atoms with Crippen molar-refractivity contribution in [3.05, 3.63) is 35.4 Å². The van der Waals surface area contributed by atoms with E-state index in [0.29, 0.717) is 18.2 Å². The number of thioether (sulfide) groups is 1. The van der Waals surface area contributed by atoms with Gasteiger partial charge >= 0.3 is 0 Å². The Labute approximate surface area is 160 Å². The van der Waals surface area contributed by atoms with Gasteiger partial charge < -0.3 is 10.6 Å². The van der Waals surface area contributed by atoms with Gasteiger partial charge in [0.05, 0.1) is 18.2 Å². The van der Waals surface area contributed by atoms with Crippen LogP contribution in [0.15, 0.2) is 29.3 Å². The quantitative estimate of drug-likeness (QED) is 0.415. The van der Waals surface area contributed by atoms with E-state index in [1.807, 2.05) is 36.0 Å². The lowest BCUT2D eigenvalue weighted by Gasteiger charge is -2.17. The monoisotopic (exact) mass is 444 g/mol. The lowest BCUT2D eigenvalue weighted by molar-refractivity contribution is 0.615. The highest BCUT2D eigenvalue weighted by atomic mass is 127. The molecule has 0 spiro atoms. The molecule has 0 heterocycles. The van der Waals surface area contributed by atoms with E-state index in [-0.39, 0.29) is 24.0 Å². The predicted octanol–water partition coefficient (Wildman–Crippen LogP) is 3.52. The smallest absolute Gasteiger partial charge is 0.191 e. The Morgan fingerprint density at radius 2 is 2.26 bits per heavy atom. The Hall–Kier alpha value is -0.940. The van der Waals surface area contributed by atoms with Crippen molar-refractivity contribution in [1.29, 1.82) is 5.26 Å². The molecule has 1 aliphatic rings. The van der Waals surface area contributed by atoms with E-state index >= 15 is 0 Å². The number of aliphatic imine (C=N–C) groups is 1. The van der Waals surface area contributed by atoms with Crippen molar-refractivity contribution < 1.29 is 0 Å². The molecule has 1 fully saturated rings. The summed E-state index contributed by atoms with van der Waals surface area (Å²) in [6, 6.07) is 10.3. The molecule has 23 heavy (non-hydrogen) atoms. The van der Waals surface area contributed by atoms with Crippen LogP contribution < -0.4 is 10.6 Å². The summed E-state index contributed by atoms with van der Waals surface area (Å²) < 4.78 is 0. The van der Waals surface area contributed by atoms with Gasteiger partial charge in [-0.1, -0.05) is 12.1 Å². The molecule has 2 unspecified atom stereocenters. The lowest BCUT2D eigenvalue weighted by atomic mass is 10.1. The number of rotatable bonds is 5. The number of hydrogen-bond acceptors (Lipinski definition) is 3. The van der Waals surface area contributed by atoms with E-state index in [2.05, 4.69) is 34.9 Å². The van der Waals surface area contributed by atoms with Gasteiger partial charge in [0.1, 0.15) is 0 Å². The average molecular weight is 444 g/mol. The Kier molecular flexibility index (Phi) is 9.41. The van der Waals surface area contributed by atoms with Gasteiger partial charge in [-0.05, 0) is 50.1 Å². The zero-order valence-corrected chi connectivity index (χ0v) is 16.9. The molecule has 1 aromatic carbocycles. The number of nitriles is 1. The first kappa shape index (κ1) is 20.1. The standard InChI is InChI=1S/C17H24N4S.HI/c1-3-19-17(21-15-7-8-16(10-15)22-2)20-12-14-6-4-5-13(9-14)11-18;/h4-6,9,15-16H,3,7-8,10,12H2,1-2H3,(H2,19,20,21);1H. The van der Waals surface area contributed by atoms with Crippen LogP contribution in [0.4, 0.5) is 0 Å². The van der Waals surface area contributed by atoms with Gasteiger partial charge in [0.25, 0.3) is 0 Å². The fourth-order valence-corrected chi connectivity index (χ4v) is 3.50. The molecule has 6 heteroatoms. The van der Waals surface area contributed by atoms with Gasteiger partial charge in [-0.3, -0.25) is 0 Å². The van der Waals surface area contributed by atoms with Crippen molar-refractivity contribution in [2.75, 3.05) is 12.8 Å². The SMILES string of the molecule is CCNC(=NCc1cccc(C#N)c1)NC1CCC(SC)C1.I. The molecular formula is C17H25IN4S. The summed E-state index contributed by atoms with van der Waals surface area (Å²) in [5.74, 6) is 0.872. The van der Waals surface area contributed by atoms with Crippen LogP contribution in [-0.2, 0) is 6.54 Å². The van der Waals surface area contributed by atoms with Crippen LogP contribution in [0.3, 0.4) is 0 Å². The zero-order valence-electron chi connectivity index (χ0n) is 13.7. The van der Waals surface area contributed by atoms with E-state index in [4.69, 9.17) is 5.26 Å². The van der Waals surface area contributed by atoms with E-state index in [1.54, 1.807) is 0 Å². The summed E-state index contributed by atoms with van der Waals surface area (Å²) in [7, 11) is 0. The maximum Gasteiger partial charge on any atom is 0.191 e. The zero-order chi connectivity index (χ0) is 15.8. The molecule has 2 N–H and O–H groups in total. The summed E-state index contributed by atoms with van der Waals surface area (Å²) in [5, 5.41) is 16.6. The molecule has 1 aromatic rings. The van der Waals surface area contributed by atoms with E-state index in [1.165, 1.54) is 19.3 Å². The third-order valence-corrected chi connectivity index (χ3v) is 4.97. The van der Waals surface area contributed by atoms with Crippen molar-refractivity contribution in [3.8, 4) is 6.07 Å². The highest BCUT2D eigenvalue weighted by molar-refractivity contribution is 14.0. The van der Waals surface area contributed by atoms with Gasteiger partial charge in [-0.15, -0.1) is 24.0 Å². The summed E-state index contributed by atoms with van der Waals surface area (Å²) >= 11 is 1.96. The van der Waals surface area contributed by atoms with Crippen molar-refractivity contribution in [2.45, 2.75) is 44.0 Å². The minimum Gasteiger partial charge on any atom is -0.357 e.